The van der Waals surface area contributed by atoms with E-state index in [1.165, 1.54) is 22.6 Å². The van der Waals surface area contributed by atoms with E-state index in [-0.39, 0.29) is 36.6 Å². The predicted octanol–water partition coefficient (Wildman–Crippen LogP) is 4.37. The molecule has 0 bridgehead atoms. The molecular weight excluding hydrogens is 388 g/mol. The van der Waals surface area contributed by atoms with E-state index in [4.69, 9.17) is 5.11 Å². The summed E-state index contributed by atoms with van der Waals surface area (Å²) in [4.78, 5) is 37.7. The second-order valence-electron chi connectivity index (χ2n) is 8.82. The fourth-order valence-corrected chi connectivity index (χ4v) is 5.87. The molecule has 0 saturated heterocycles. The van der Waals surface area contributed by atoms with Gasteiger partial charge in [-0.1, -0.05) is 33.1 Å². The smallest absolute Gasteiger partial charge is 0.303 e. The Kier molecular flexibility index (Phi) is 7.33. The van der Waals surface area contributed by atoms with Crippen LogP contribution in [0.1, 0.15) is 86.0 Å². The summed E-state index contributed by atoms with van der Waals surface area (Å²) in [5.41, 5.74) is 1.73. The van der Waals surface area contributed by atoms with Crippen molar-refractivity contribution in [1.82, 2.24) is 5.32 Å². The van der Waals surface area contributed by atoms with Gasteiger partial charge in [-0.2, -0.15) is 0 Å². The Morgan fingerprint density at radius 3 is 2.55 bits per heavy atom. The van der Waals surface area contributed by atoms with E-state index in [0.29, 0.717) is 16.5 Å². The van der Waals surface area contributed by atoms with Crippen LogP contribution in [0.4, 0.5) is 5.00 Å². The molecule has 1 heterocycles. The highest BCUT2D eigenvalue weighted by atomic mass is 32.1. The van der Waals surface area contributed by atoms with Crippen molar-refractivity contribution in [2.45, 2.75) is 84.1 Å². The Labute approximate surface area is 176 Å². The normalized spacial score (nSPS) is 20.6. The van der Waals surface area contributed by atoms with Crippen LogP contribution in [0.3, 0.4) is 0 Å². The molecule has 1 aromatic heterocycles. The minimum Gasteiger partial charge on any atom is -0.481 e. The third-order valence-electron chi connectivity index (χ3n) is 5.99. The van der Waals surface area contributed by atoms with Crippen LogP contribution in [0.25, 0.3) is 0 Å². The van der Waals surface area contributed by atoms with Crippen LogP contribution in [0.5, 0.6) is 0 Å². The molecular formula is C22H32N2O4S. The van der Waals surface area contributed by atoms with Crippen molar-refractivity contribution in [3.8, 4) is 0 Å². The first kappa shape index (κ1) is 21.8. The maximum Gasteiger partial charge on any atom is 0.303 e. The molecule has 0 spiro atoms. The van der Waals surface area contributed by atoms with Crippen LogP contribution in [0, 0.1) is 11.8 Å². The Morgan fingerprint density at radius 2 is 1.86 bits per heavy atom. The van der Waals surface area contributed by atoms with Crippen LogP contribution >= 0.6 is 11.3 Å². The first-order valence-electron chi connectivity index (χ1n) is 10.8. The number of aliphatic carboxylic acids is 1. The first-order valence-corrected chi connectivity index (χ1v) is 11.6. The maximum atomic E-state index is 13.2. The van der Waals surface area contributed by atoms with Crippen molar-refractivity contribution in [1.29, 1.82) is 0 Å². The monoisotopic (exact) mass is 420 g/mol. The third-order valence-corrected chi connectivity index (χ3v) is 7.16. The number of hydrogen-bond acceptors (Lipinski definition) is 4. The van der Waals surface area contributed by atoms with Gasteiger partial charge >= 0.3 is 5.97 Å². The number of carbonyl (C=O) groups excluding carboxylic acids is 2. The van der Waals surface area contributed by atoms with Crippen molar-refractivity contribution in [3.05, 3.63) is 16.0 Å². The SMILES string of the molecule is C[C@@H](CC(=O)O)CC(=O)Nc1sc2c(c1C(=O)NC1CCCCC1)CC[C@H](C)C2. The van der Waals surface area contributed by atoms with Gasteiger partial charge in [0, 0.05) is 23.8 Å². The van der Waals surface area contributed by atoms with Gasteiger partial charge < -0.3 is 15.7 Å². The number of thiophene rings is 1. The van der Waals surface area contributed by atoms with E-state index in [2.05, 4.69) is 17.6 Å². The van der Waals surface area contributed by atoms with Crippen molar-refractivity contribution in [2.75, 3.05) is 5.32 Å². The summed E-state index contributed by atoms with van der Waals surface area (Å²) >= 11 is 1.52. The fraction of sp³-hybridized carbons (Fsp3) is 0.682. The van der Waals surface area contributed by atoms with Crippen LogP contribution < -0.4 is 10.6 Å². The topological polar surface area (TPSA) is 95.5 Å². The largest absolute Gasteiger partial charge is 0.481 e. The van der Waals surface area contributed by atoms with Gasteiger partial charge in [-0.15, -0.1) is 11.3 Å². The molecule has 6 nitrogen and oxygen atoms in total. The van der Waals surface area contributed by atoms with Gasteiger partial charge in [0.05, 0.1) is 5.56 Å². The van der Waals surface area contributed by atoms with E-state index >= 15 is 0 Å². The zero-order valence-corrected chi connectivity index (χ0v) is 18.2. The van der Waals surface area contributed by atoms with E-state index in [1.54, 1.807) is 6.92 Å². The second kappa shape index (κ2) is 9.74. The fourth-order valence-electron chi connectivity index (χ4n) is 4.45. The lowest BCUT2D eigenvalue weighted by atomic mass is 9.88. The molecule has 2 atom stereocenters. The number of amides is 2. The molecule has 29 heavy (non-hydrogen) atoms. The lowest BCUT2D eigenvalue weighted by Crippen LogP contribution is -2.37. The van der Waals surface area contributed by atoms with Crippen LogP contribution in [0.2, 0.25) is 0 Å². The number of carboxylic acids is 1. The molecule has 1 fully saturated rings. The minimum atomic E-state index is -0.904. The second-order valence-corrected chi connectivity index (χ2v) is 9.92. The average molecular weight is 421 g/mol. The third kappa shape index (κ3) is 5.81. The van der Waals surface area contributed by atoms with Gasteiger partial charge in [-0.25, -0.2) is 0 Å². The Bertz CT molecular complexity index is 767. The van der Waals surface area contributed by atoms with Gasteiger partial charge in [-0.3, -0.25) is 14.4 Å². The van der Waals surface area contributed by atoms with Gasteiger partial charge in [0.15, 0.2) is 0 Å². The zero-order valence-electron chi connectivity index (χ0n) is 17.4. The number of hydrogen-bond donors (Lipinski definition) is 3. The molecule has 0 unspecified atom stereocenters. The average Bonchev–Trinajstić information content (AvgIpc) is 2.98. The molecule has 3 N–H and O–H groups in total. The van der Waals surface area contributed by atoms with Gasteiger partial charge in [0.25, 0.3) is 5.91 Å². The van der Waals surface area contributed by atoms with Gasteiger partial charge in [0.2, 0.25) is 5.91 Å². The molecule has 1 aromatic rings. The molecule has 2 aliphatic rings. The molecule has 7 heteroatoms. The van der Waals surface area contributed by atoms with Crippen LogP contribution in [-0.4, -0.2) is 28.9 Å². The van der Waals surface area contributed by atoms with E-state index < -0.39 is 5.97 Å². The molecule has 2 aliphatic carbocycles. The molecule has 0 aliphatic heterocycles. The number of carbonyl (C=O) groups is 3. The van der Waals surface area contributed by atoms with E-state index in [9.17, 15) is 14.4 Å². The highest BCUT2D eigenvalue weighted by molar-refractivity contribution is 7.17. The quantitative estimate of drug-likeness (QED) is 0.610. The summed E-state index contributed by atoms with van der Waals surface area (Å²) in [5, 5.41) is 15.7. The van der Waals surface area contributed by atoms with Crippen molar-refractivity contribution >= 4 is 34.1 Å². The van der Waals surface area contributed by atoms with Gasteiger partial charge in [0.1, 0.15) is 5.00 Å². The number of rotatable bonds is 7. The summed E-state index contributed by atoms with van der Waals surface area (Å²) < 4.78 is 0. The lowest BCUT2D eigenvalue weighted by Gasteiger charge is -2.24. The zero-order chi connectivity index (χ0) is 21.0. The highest BCUT2D eigenvalue weighted by Crippen LogP contribution is 2.40. The first-order chi connectivity index (χ1) is 13.8. The Morgan fingerprint density at radius 1 is 1.14 bits per heavy atom. The number of carboxylic acid groups (broad SMARTS) is 1. The summed E-state index contributed by atoms with van der Waals surface area (Å²) in [6.07, 6.45) is 8.51. The lowest BCUT2D eigenvalue weighted by molar-refractivity contribution is -0.138. The van der Waals surface area contributed by atoms with E-state index in [0.717, 1.165) is 50.5 Å². The standard InChI is InChI=1S/C22H32N2O4S/c1-13-8-9-16-17(10-13)29-22(24-18(25)11-14(2)12-19(26)27)20(16)21(28)23-15-6-4-3-5-7-15/h13-15H,3-12H2,1-2H3,(H,23,28)(H,24,25)(H,26,27)/t13-,14+/m0/s1. The molecule has 2 amide bonds. The molecule has 1 saturated carbocycles. The number of fused-ring (bicyclic) bond motifs is 1. The minimum absolute atomic E-state index is 0.0408. The molecule has 3 rings (SSSR count). The van der Waals surface area contributed by atoms with Crippen molar-refractivity contribution in [2.24, 2.45) is 11.8 Å². The van der Waals surface area contributed by atoms with Crippen LogP contribution in [0.15, 0.2) is 0 Å². The van der Waals surface area contributed by atoms with Crippen molar-refractivity contribution < 1.29 is 19.5 Å². The highest BCUT2D eigenvalue weighted by Gasteiger charge is 2.29. The molecule has 0 radical (unpaired) electrons. The summed E-state index contributed by atoms with van der Waals surface area (Å²) in [6.45, 7) is 3.97. The van der Waals surface area contributed by atoms with Crippen LogP contribution in [-0.2, 0) is 22.4 Å². The summed E-state index contributed by atoms with van der Waals surface area (Å²) in [6, 6.07) is 0.216. The Balaban J connectivity index is 1.77. The van der Waals surface area contributed by atoms with E-state index in [1.807, 2.05) is 0 Å². The molecule has 160 valence electrons. The Hall–Kier alpha value is -1.89. The summed E-state index contributed by atoms with van der Waals surface area (Å²) in [7, 11) is 0. The van der Waals surface area contributed by atoms with Gasteiger partial charge in [-0.05, 0) is 49.5 Å². The summed E-state index contributed by atoms with van der Waals surface area (Å²) in [5.74, 6) is -0.871. The maximum absolute atomic E-state index is 13.2. The molecule has 0 aromatic carbocycles. The predicted molar refractivity (Wildman–Crippen MR) is 115 cm³/mol. The number of nitrogens with one attached hydrogen (secondary N) is 2. The number of anilines is 1. The van der Waals surface area contributed by atoms with Crippen molar-refractivity contribution in [3.63, 3.8) is 0 Å².